The van der Waals surface area contributed by atoms with Gasteiger partial charge in [-0.3, -0.25) is 19.8 Å². The number of aromatic nitrogens is 2. The Labute approximate surface area is 112 Å². The van der Waals surface area contributed by atoms with Gasteiger partial charge < -0.3 is 5.11 Å². The van der Waals surface area contributed by atoms with E-state index in [2.05, 4.69) is 9.98 Å². The minimum absolute atomic E-state index is 0.0910. The molecule has 104 valence electrons. The van der Waals surface area contributed by atoms with Crippen molar-refractivity contribution in [1.82, 2.24) is 9.97 Å². The Bertz CT molecular complexity index is 760. The van der Waals surface area contributed by atoms with Crippen LogP contribution in [0, 0.1) is 5.82 Å². The molecule has 0 radical (unpaired) electrons. The summed E-state index contributed by atoms with van der Waals surface area (Å²) in [7, 11) is 0. The number of aromatic hydroxyl groups is 1. The molecule has 0 unspecified atom stereocenters. The topological polar surface area (TPSA) is 98.3 Å². The molecule has 0 bridgehead atoms. The zero-order valence-electron chi connectivity index (χ0n) is 10.6. The van der Waals surface area contributed by atoms with Crippen molar-refractivity contribution in [3.63, 3.8) is 0 Å². The van der Waals surface area contributed by atoms with Crippen molar-refractivity contribution in [1.29, 1.82) is 0 Å². The van der Waals surface area contributed by atoms with Gasteiger partial charge >= 0.3 is 5.69 Å². The molecule has 0 aliphatic heterocycles. The Morgan fingerprint density at radius 2 is 1.90 bits per heavy atom. The number of nitrogens with zero attached hydrogens (tertiary/aromatic N) is 1. The molecular weight excluding hydrogens is 265 g/mol. The number of halogens is 1. The molecule has 7 heteroatoms. The van der Waals surface area contributed by atoms with Crippen molar-refractivity contribution in [2.45, 2.75) is 13.5 Å². The minimum Gasteiger partial charge on any atom is -0.494 e. The van der Waals surface area contributed by atoms with E-state index in [0.29, 0.717) is 0 Å². The summed E-state index contributed by atoms with van der Waals surface area (Å²) >= 11 is 0. The summed E-state index contributed by atoms with van der Waals surface area (Å²) in [5, 5.41) is 9.57. The van der Waals surface area contributed by atoms with Crippen LogP contribution in [0.2, 0.25) is 0 Å². The predicted octanol–water partition coefficient (Wildman–Crippen LogP) is 0.917. The Morgan fingerprint density at radius 3 is 2.50 bits per heavy atom. The number of hydrogen-bond acceptors (Lipinski definition) is 4. The number of H-pyrrole nitrogens is 2. The van der Waals surface area contributed by atoms with Crippen LogP contribution in [0.4, 0.5) is 4.39 Å². The highest BCUT2D eigenvalue weighted by Gasteiger charge is 2.11. The summed E-state index contributed by atoms with van der Waals surface area (Å²) in [6, 6.07) is 5.76. The summed E-state index contributed by atoms with van der Waals surface area (Å²) in [5.41, 5.74) is -0.573. The van der Waals surface area contributed by atoms with Gasteiger partial charge in [0.05, 0.1) is 12.3 Å². The molecule has 0 atom stereocenters. The van der Waals surface area contributed by atoms with Crippen molar-refractivity contribution < 1.29 is 9.50 Å². The molecule has 0 aliphatic carbocycles. The van der Waals surface area contributed by atoms with E-state index in [1.807, 2.05) is 4.98 Å². The fraction of sp³-hybridized carbons (Fsp3) is 0.154. The van der Waals surface area contributed by atoms with Crippen LogP contribution in [0.3, 0.4) is 0 Å². The van der Waals surface area contributed by atoms with Gasteiger partial charge in [0.2, 0.25) is 5.88 Å². The van der Waals surface area contributed by atoms with Crippen molar-refractivity contribution in [2.24, 2.45) is 4.99 Å². The lowest BCUT2D eigenvalue weighted by atomic mass is 10.2. The normalized spacial score (nSPS) is 11.6. The lowest BCUT2D eigenvalue weighted by Crippen LogP contribution is -2.27. The maximum Gasteiger partial charge on any atom is 0.328 e. The van der Waals surface area contributed by atoms with Crippen molar-refractivity contribution in [3.05, 3.63) is 62.0 Å². The first-order valence-electron chi connectivity index (χ1n) is 5.79. The lowest BCUT2D eigenvalue weighted by Gasteiger charge is -2.03. The molecule has 0 aliphatic rings. The molecule has 6 nitrogen and oxygen atoms in total. The van der Waals surface area contributed by atoms with Crippen LogP contribution in [-0.2, 0) is 6.54 Å². The van der Waals surface area contributed by atoms with E-state index in [0.717, 1.165) is 5.56 Å². The predicted molar refractivity (Wildman–Crippen MR) is 71.7 cm³/mol. The van der Waals surface area contributed by atoms with Gasteiger partial charge in [0, 0.05) is 0 Å². The average molecular weight is 277 g/mol. The zero-order chi connectivity index (χ0) is 14.7. The fourth-order valence-corrected chi connectivity index (χ4v) is 1.69. The van der Waals surface area contributed by atoms with E-state index in [1.165, 1.54) is 19.1 Å². The third kappa shape index (κ3) is 3.00. The minimum atomic E-state index is -0.789. The zero-order valence-corrected chi connectivity index (χ0v) is 10.6. The van der Waals surface area contributed by atoms with Gasteiger partial charge in [-0.05, 0) is 24.6 Å². The monoisotopic (exact) mass is 277 g/mol. The van der Waals surface area contributed by atoms with E-state index >= 15 is 0 Å². The van der Waals surface area contributed by atoms with Gasteiger partial charge in [-0.15, -0.1) is 0 Å². The second-order valence-corrected chi connectivity index (χ2v) is 4.16. The first kappa shape index (κ1) is 13.7. The van der Waals surface area contributed by atoms with Crippen LogP contribution in [0.5, 0.6) is 5.88 Å². The smallest absolute Gasteiger partial charge is 0.328 e. The summed E-state index contributed by atoms with van der Waals surface area (Å²) < 4.78 is 12.7. The van der Waals surface area contributed by atoms with Gasteiger partial charge in [0.1, 0.15) is 11.4 Å². The highest BCUT2D eigenvalue weighted by Crippen LogP contribution is 2.09. The SMILES string of the molecule is CC(=NCc1ccc(F)cc1)c1c(O)[nH]c(=O)[nH]c1=O. The van der Waals surface area contributed by atoms with Crippen LogP contribution in [-0.4, -0.2) is 20.8 Å². The lowest BCUT2D eigenvalue weighted by molar-refractivity contribution is 0.447. The number of aromatic amines is 2. The van der Waals surface area contributed by atoms with E-state index in [9.17, 15) is 19.1 Å². The molecule has 3 N–H and O–H groups in total. The fourth-order valence-electron chi connectivity index (χ4n) is 1.69. The van der Waals surface area contributed by atoms with Gasteiger partial charge in [0.25, 0.3) is 5.56 Å². The Kier molecular flexibility index (Phi) is 3.79. The molecule has 0 saturated carbocycles. The Balaban J connectivity index is 2.29. The van der Waals surface area contributed by atoms with Crippen LogP contribution in [0.25, 0.3) is 0 Å². The van der Waals surface area contributed by atoms with Crippen LogP contribution in [0.1, 0.15) is 18.1 Å². The van der Waals surface area contributed by atoms with Crippen molar-refractivity contribution in [3.8, 4) is 5.88 Å². The first-order chi connectivity index (χ1) is 9.47. The summed E-state index contributed by atoms with van der Waals surface area (Å²) in [5.74, 6) is -0.872. The van der Waals surface area contributed by atoms with E-state index < -0.39 is 17.1 Å². The second kappa shape index (κ2) is 5.52. The third-order valence-corrected chi connectivity index (χ3v) is 2.70. The number of nitrogens with one attached hydrogen (secondary N) is 2. The molecule has 1 aromatic carbocycles. The summed E-state index contributed by atoms with van der Waals surface area (Å²) in [6.07, 6.45) is 0. The highest BCUT2D eigenvalue weighted by atomic mass is 19.1. The van der Waals surface area contributed by atoms with Crippen molar-refractivity contribution in [2.75, 3.05) is 0 Å². The molecular formula is C13H12FN3O3. The van der Waals surface area contributed by atoms with Crippen LogP contribution >= 0.6 is 0 Å². The molecule has 1 aromatic heterocycles. The molecule has 0 fully saturated rings. The Hall–Kier alpha value is -2.70. The van der Waals surface area contributed by atoms with Gasteiger partial charge in [-0.2, -0.15) is 0 Å². The first-order valence-corrected chi connectivity index (χ1v) is 5.79. The third-order valence-electron chi connectivity index (χ3n) is 2.70. The number of rotatable bonds is 3. The average Bonchev–Trinajstić information content (AvgIpc) is 2.37. The molecule has 0 amide bonds. The van der Waals surface area contributed by atoms with Crippen LogP contribution < -0.4 is 11.2 Å². The molecule has 20 heavy (non-hydrogen) atoms. The van der Waals surface area contributed by atoms with Gasteiger partial charge in [-0.1, -0.05) is 12.1 Å². The standard InChI is InChI=1S/C13H12FN3O3/c1-7(10-11(18)16-13(20)17-12(10)19)15-6-8-2-4-9(14)5-3-8/h2-5H,6H2,1H3,(H3,16,17,18,19,20). The maximum absolute atomic E-state index is 12.7. The number of benzene rings is 1. The quantitative estimate of drug-likeness (QED) is 0.727. The Morgan fingerprint density at radius 1 is 1.25 bits per heavy atom. The number of aliphatic imine (C=N–C) groups is 1. The highest BCUT2D eigenvalue weighted by molar-refractivity contribution is 6.00. The molecule has 0 spiro atoms. The molecule has 0 saturated heterocycles. The summed E-state index contributed by atoms with van der Waals surface area (Å²) in [6.45, 7) is 1.76. The largest absolute Gasteiger partial charge is 0.494 e. The maximum atomic E-state index is 12.7. The van der Waals surface area contributed by atoms with E-state index in [4.69, 9.17) is 0 Å². The van der Waals surface area contributed by atoms with E-state index in [1.54, 1.807) is 12.1 Å². The number of hydrogen-bond donors (Lipinski definition) is 3. The molecule has 2 rings (SSSR count). The van der Waals surface area contributed by atoms with E-state index in [-0.39, 0.29) is 23.6 Å². The van der Waals surface area contributed by atoms with Gasteiger partial charge in [-0.25, -0.2) is 9.18 Å². The molecule has 1 heterocycles. The van der Waals surface area contributed by atoms with Crippen LogP contribution in [0.15, 0.2) is 38.8 Å². The van der Waals surface area contributed by atoms with Crippen molar-refractivity contribution >= 4 is 5.71 Å². The van der Waals surface area contributed by atoms with Gasteiger partial charge in [0.15, 0.2) is 0 Å². The summed E-state index contributed by atoms with van der Waals surface area (Å²) in [4.78, 5) is 30.8. The second-order valence-electron chi connectivity index (χ2n) is 4.16. The molecule has 2 aromatic rings.